The molecule has 5 heteroatoms. The maximum atomic E-state index is 11.6. The lowest BCUT2D eigenvalue weighted by atomic mass is 10.1. The molecule has 1 unspecified atom stereocenters. The van der Waals surface area contributed by atoms with Gasteiger partial charge >= 0.3 is 0 Å². The van der Waals surface area contributed by atoms with Crippen molar-refractivity contribution in [3.63, 3.8) is 0 Å². The average molecular weight is 352 g/mol. The number of hydrogen-bond acceptors (Lipinski definition) is 2. The highest BCUT2D eigenvalue weighted by Crippen LogP contribution is 2.12. The molecule has 2 rings (SSSR count). The third kappa shape index (κ3) is 6.24. The highest BCUT2D eigenvalue weighted by atomic mass is 16.1. The van der Waals surface area contributed by atoms with E-state index in [-0.39, 0.29) is 11.9 Å². The van der Waals surface area contributed by atoms with Crippen LogP contribution in [0.2, 0.25) is 0 Å². The maximum absolute atomic E-state index is 11.6. The number of hydrogen-bond donors (Lipinski definition) is 3. The summed E-state index contributed by atoms with van der Waals surface area (Å²) in [5, 5.41) is 9.60. The van der Waals surface area contributed by atoms with E-state index in [2.05, 4.69) is 40.0 Å². The highest BCUT2D eigenvalue weighted by molar-refractivity contribution is 5.90. The molecule has 0 aliphatic rings. The molecule has 0 bridgehead atoms. The van der Waals surface area contributed by atoms with Crippen LogP contribution in [0.1, 0.15) is 43.9 Å². The van der Waals surface area contributed by atoms with Gasteiger partial charge in [-0.1, -0.05) is 49.4 Å². The topological polar surface area (TPSA) is 65.5 Å². The summed E-state index contributed by atoms with van der Waals surface area (Å²) in [5.74, 6) is 0.805. The van der Waals surface area contributed by atoms with Crippen molar-refractivity contribution in [3.8, 4) is 0 Å². The minimum atomic E-state index is 0.0536. The Hall–Kier alpha value is -2.82. The summed E-state index contributed by atoms with van der Waals surface area (Å²) in [4.78, 5) is 15.9. The lowest BCUT2D eigenvalue weighted by molar-refractivity contribution is -0.116. The first kappa shape index (κ1) is 19.5. The van der Waals surface area contributed by atoms with Crippen LogP contribution in [0.25, 0.3) is 0 Å². The molecule has 1 amide bonds. The van der Waals surface area contributed by atoms with Crippen LogP contribution in [0.3, 0.4) is 0 Å². The molecule has 0 radical (unpaired) electrons. The second-order valence-electron chi connectivity index (χ2n) is 6.20. The average Bonchev–Trinajstić information content (AvgIpc) is 2.67. The van der Waals surface area contributed by atoms with Gasteiger partial charge in [0.15, 0.2) is 5.96 Å². The lowest BCUT2D eigenvalue weighted by Crippen LogP contribution is -2.38. The van der Waals surface area contributed by atoms with Gasteiger partial charge < -0.3 is 16.0 Å². The van der Waals surface area contributed by atoms with Gasteiger partial charge in [0.2, 0.25) is 5.91 Å². The fourth-order valence-electron chi connectivity index (χ4n) is 2.57. The van der Waals surface area contributed by atoms with Crippen molar-refractivity contribution in [3.05, 3.63) is 65.7 Å². The largest absolute Gasteiger partial charge is 0.352 e. The Morgan fingerprint density at radius 3 is 2.38 bits per heavy atom. The molecule has 0 fully saturated rings. The van der Waals surface area contributed by atoms with Gasteiger partial charge in [0.05, 0.1) is 6.04 Å². The number of rotatable bonds is 7. The van der Waals surface area contributed by atoms with E-state index in [9.17, 15) is 4.79 Å². The van der Waals surface area contributed by atoms with Crippen molar-refractivity contribution >= 4 is 17.6 Å². The number of amides is 1. The Bertz CT molecular complexity index is 711. The molecule has 0 aliphatic heterocycles. The molecular formula is C21H28N4O. The molecule has 0 spiro atoms. The van der Waals surface area contributed by atoms with Gasteiger partial charge in [0.25, 0.3) is 0 Å². The monoisotopic (exact) mass is 352 g/mol. The zero-order valence-electron chi connectivity index (χ0n) is 15.8. The first-order chi connectivity index (χ1) is 12.6. The maximum Gasteiger partial charge on any atom is 0.224 e. The molecule has 2 aromatic rings. The van der Waals surface area contributed by atoms with Gasteiger partial charge in [0, 0.05) is 25.7 Å². The highest BCUT2D eigenvalue weighted by Gasteiger charge is 2.07. The number of benzene rings is 2. The lowest BCUT2D eigenvalue weighted by Gasteiger charge is -2.18. The number of nitrogens with one attached hydrogen (secondary N) is 3. The smallest absolute Gasteiger partial charge is 0.224 e. The minimum absolute atomic E-state index is 0.0536. The second-order valence-corrected chi connectivity index (χ2v) is 6.20. The molecule has 5 nitrogen and oxygen atoms in total. The number of carbonyl (C=O) groups excluding carboxylic acids is 1. The van der Waals surface area contributed by atoms with E-state index >= 15 is 0 Å². The molecule has 1 atom stereocenters. The van der Waals surface area contributed by atoms with E-state index in [1.54, 1.807) is 7.05 Å². The van der Waals surface area contributed by atoms with Gasteiger partial charge in [-0.25, -0.2) is 0 Å². The molecule has 0 saturated heterocycles. The Kier molecular flexibility index (Phi) is 7.68. The van der Waals surface area contributed by atoms with Crippen molar-refractivity contribution < 1.29 is 4.79 Å². The predicted molar refractivity (Wildman–Crippen MR) is 108 cm³/mol. The van der Waals surface area contributed by atoms with E-state index in [1.165, 1.54) is 5.56 Å². The van der Waals surface area contributed by atoms with E-state index in [0.29, 0.717) is 13.0 Å². The number of nitrogens with zero attached hydrogens (tertiary/aromatic N) is 1. The van der Waals surface area contributed by atoms with Gasteiger partial charge in [0.1, 0.15) is 0 Å². The summed E-state index contributed by atoms with van der Waals surface area (Å²) >= 11 is 0. The van der Waals surface area contributed by atoms with Crippen LogP contribution < -0.4 is 16.0 Å². The molecule has 0 heterocycles. The summed E-state index contributed by atoms with van der Waals surface area (Å²) in [6, 6.07) is 18.3. The summed E-state index contributed by atoms with van der Waals surface area (Å²) in [6.45, 7) is 4.76. The third-order valence-corrected chi connectivity index (χ3v) is 4.05. The Balaban J connectivity index is 1.85. The van der Waals surface area contributed by atoms with Gasteiger partial charge in [-0.3, -0.25) is 9.79 Å². The van der Waals surface area contributed by atoms with E-state index in [4.69, 9.17) is 0 Å². The molecular weight excluding hydrogens is 324 g/mol. The van der Waals surface area contributed by atoms with Crippen LogP contribution in [0.4, 0.5) is 5.69 Å². The van der Waals surface area contributed by atoms with Gasteiger partial charge in [-0.2, -0.15) is 0 Å². The summed E-state index contributed by atoms with van der Waals surface area (Å²) in [5.41, 5.74) is 3.16. The van der Waals surface area contributed by atoms with Crippen molar-refractivity contribution in [1.82, 2.24) is 10.6 Å². The number of carbonyl (C=O) groups is 1. The van der Waals surface area contributed by atoms with Crippen LogP contribution >= 0.6 is 0 Å². The standard InChI is InChI=1S/C21H28N4O/c1-4-8-20(26)25-19-13-11-17(12-14-19)15-23-21(22-3)24-16(2)18-9-6-5-7-10-18/h5-7,9-14,16H,4,8,15H2,1-3H3,(H,25,26)(H2,22,23,24). The van der Waals surface area contributed by atoms with Crippen molar-refractivity contribution in [2.45, 2.75) is 39.3 Å². The zero-order valence-corrected chi connectivity index (χ0v) is 15.8. The number of aliphatic imine (C=N–C) groups is 1. The Morgan fingerprint density at radius 2 is 1.77 bits per heavy atom. The number of guanidine groups is 1. The SMILES string of the molecule is CCCC(=O)Nc1ccc(CNC(=NC)NC(C)c2ccccc2)cc1. The van der Waals surface area contributed by atoms with Crippen LogP contribution in [-0.4, -0.2) is 18.9 Å². The molecule has 26 heavy (non-hydrogen) atoms. The molecule has 0 aromatic heterocycles. The van der Waals surface area contributed by atoms with Crippen molar-refractivity contribution in [2.24, 2.45) is 4.99 Å². The molecule has 138 valence electrons. The van der Waals surface area contributed by atoms with E-state index in [0.717, 1.165) is 23.6 Å². The Labute approximate surface area is 155 Å². The fraction of sp³-hybridized carbons (Fsp3) is 0.333. The van der Waals surface area contributed by atoms with Gasteiger partial charge in [-0.05, 0) is 36.6 Å². The van der Waals surface area contributed by atoms with Crippen LogP contribution in [0, 0.1) is 0 Å². The van der Waals surface area contributed by atoms with Crippen LogP contribution in [0.5, 0.6) is 0 Å². The van der Waals surface area contributed by atoms with Crippen LogP contribution in [-0.2, 0) is 11.3 Å². The second kappa shape index (κ2) is 10.2. The Morgan fingerprint density at radius 1 is 1.08 bits per heavy atom. The van der Waals surface area contributed by atoms with Crippen LogP contribution in [0.15, 0.2) is 59.6 Å². The molecule has 0 aliphatic carbocycles. The normalized spacial score (nSPS) is 12.3. The van der Waals surface area contributed by atoms with Crippen molar-refractivity contribution in [2.75, 3.05) is 12.4 Å². The first-order valence-corrected chi connectivity index (χ1v) is 9.03. The first-order valence-electron chi connectivity index (χ1n) is 9.03. The summed E-state index contributed by atoms with van der Waals surface area (Å²) in [6.07, 6.45) is 1.40. The molecule has 3 N–H and O–H groups in total. The van der Waals surface area contributed by atoms with E-state index in [1.807, 2.05) is 49.4 Å². The molecule has 2 aromatic carbocycles. The van der Waals surface area contributed by atoms with Crippen molar-refractivity contribution in [1.29, 1.82) is 0 Å². The number of anilines is 1. The quantitative estimate of drug-likeness (QED) is 0.524. The zero-order chi connectivity index (χ0) is 18.8. The van der Waals surface area contributed by atoms with Gasteiger partial charge in [-0.15, -0.1) is 0 Å². The minimum Gasteiger partial charge on any atom is -0.352 e. The summed E-state index contributed by atoms with van der Waals surface area (Å²) in [7, 11) is 1.76. The van der Waals surface area contributed by atoms with E-state index < -0.39 is 0 Å². The molecule has 0 saturated carbocycles. The summed E-state index contributed by atoms with van der Waals surface area (Å²) < 4.78 is 0. The predicted octanol–water partition coefficient (Wildman–Crippen LogP) is 3.85. The third-order valence-electron chi connectivity index (χ3n) is 4.05. The fourth-order valence-corrected chi connectivity index (χ4v) is 2.57.